The maximum atomic E-state index is 4.61. The number of aromatic nitrogens is 2. The number of hydrogen-bond acceptors (Lipinski definition) is 2. The quantitative estimate of drug-likeness (QED) is 0.755. The van der Waals surface area contributed by atoms with Crippen LogP contribution in [0.5, 0.6) is 0 Å². The van der Waals surface area contributed by atoms with E-state index >= 15 is 0 Å². The van der Waals surface area contributed by atoms with E-state index < -0.39 is 0 Å². The smallest absolute Gasteiger partial charge is 0.0709 e. The molecule has 0 saturated heterocycles. The van der Waals surface area contributed by atoms with Crippen molar-refractivity contribution in [3.8, 4) is 0 Å². The fourth-order valence-corrected chi connectivity index (χ4v) is 2.22. The molecule has 3 nitrogen and oxygen atoms in total. The number of nitrogens with one attached hydrogen (secondary N) is 1. The van der Waals surface area contributed by atoms with Crippen LogP contribution in [0.1, 0.15) is 58.2 Å². The minimum Gasteiger partial charge on any atom is -0.317 e. The Balaban J connectivity index is 2.42. The summed E-state index contributed by atoms with van der Waals surface area (Å²) in [6.45, 7) is 11.2. The van der Waals surface area contributed by atoms with Crippen molar-refractivity contribution in [2.75, 3.05) is 13.1 Å². The van der Waals surface area contributed by atoms with Gasteiger partial charge in [-0.3, -0.25) is 4.68 Å². The van der Waals surface area contributed by atoms with Crippen LogP contribution in [0, 0.1) is 0 Å². The molecular formula is C15H29N3. The van der Waals surface area contributed by atoms with Crippen molar-refractivity contribution in [2.24, 2.45) is 7.05 Å². The van der Waals surface area contributed by atoms with Crippen LogP contribution in [-0.2, 0) is 18.9 Å². The highest BCUT2D eigenvalue weighted by Gasteiger charge is 2.21. The molecule has 1 rings (SSSR count). The van der Waals surface area contributed by atoms with Gasteiger partial charge in [0.1, 0.15) is 0 Å². The number of rotatable bonds is 7. The lowest BCUT2D eigenvalue weighted by molar-refractivity contribution is 0.545. The van der Waals surface area contributed by atoms with Gasteiger partial charge < -0.3 is 5.32 Å². The van der Waals surface area contributed by atoms with Crippen molar-refractivity contribution < 1.29 is 0 Å². The molecule has 0 unspecified atom stereocenters. The van der Waals surface area contributed by atoms with E-state index in [9.17, 15) is 0 Å². The number of hydrogen-bond donors (Lipinski definition) is 1. The van der Waals surface area contributed by atoms with E-state index in [1.54, 1.807) is 0 Å². The van der Waals surface area contributed by atoms with Gasteiger partial charge in [-0.15, -0.1) is 0 Å². The summed E-state index contributed by atoms with van der Waals surface area (Å²) in [5, 5.41) is 8.06. The Bertz CT molecular complexity index is 347. The van der Waals surface area contributed by atoms with E-state index in [2.05, 4.69) is 44.3 Å². The third kappa shape index (κ3) is 4.81. The SMILES string of the molecule is CCCNCCCCc1cn(C)nc1C(C)(C)C. The average Bonchev–Trinajstić information content (AvgIpc) is 2.64. The molecule has 0 aliphatic carbocycles. The summed E-state index contributed by atoms with van der Waals surface area (Å²) >= 11 is 0. The zero-order valence-corrected chi connectivity index (χ0v) is 12.7. The molecular weight excluding hydrogens is 222 g/mol. The van der Waals surface area contributed by atoms with Crippen molar-refractivity contribution in [1.82, 2.24) is 15.1 Å². The Morgan fingerprint density at radius 2 is 1.94 bits per heavy atom. The molecule has 0 spiro atoms. The van der Waals surface area contributed by atoms with Gasteiger partial charge in [0, 0.05) is 18.7 Å². The lowest BCUT2D eigenvalue weighted by atomic mass is 9.88. The maximum Gasteiger partial charge on any atom is 0.0709 e. The second-order valence-corrected chi connectivity index (χ2v) is 6.13. The zero-order chi connectivity index (χ0) is 13.6. The molecule has 1 heterocycles. The molecule has 18 heavy (non-hydrogen) atoms. The monoisotopic (exact) mass is 251 g/mol. The first-order chi connectivity index (χ1) is 8.45. The summed E-state index contributed by atoms with van der Waals surface area (Å²) in [6, 6.07) is 0. The molecule has 0 radical (unpaired) electrons. The van der Waals surface area contributed by atoms with Gasteiger partial charge in [-0.25, -0.2) is 0 Å². The number of nitrogens with zero attached hydrogens (tertiary/aromatic N) is 2. The van der Waals surface area contributed by atoms with Gasteiger partial charge in [0.05, 0.1) is 5.69 Å². The topological polar surface area (TPSA) is 29.9 Å². The summed E-state index contributed by atoms with van der Waals surface area (Å²) in [4.78, 5) is 0. The molecule has 0 amide bonds. The summed E-state index contributed by atoms with van der Waals surface area (Å²) in [6.07, 6.45) is 7.04. The maximum absolute atomic E-state index is 4.61. The Labute approximate surface area is 112 Å². The molecule has 1 aromatic heterocycles. The van der Waals surface area contributed by atoms with Gasteiger partial charge in [0.2, 0.25) is 0 Å². The highest BCUT2D eigenvalue weighted by Crippen LogP contribution is 2.25. The largest absolute Gasteiger partial charge is 0.317 e. The fourth-order valence-electron chi connectivity index (χ4n) is 2.22. The molecule has 0 atom stereocenters. The third-order valence-electron chi connectivity index (χ3n) is 3.09. The second-order valence-electron chi connectivity index (χ2n) is 6.13. The Kier molecular flexibility index (Phi) is 5.86. The van der Waals surface area contributed by atoms with Gasteiger partial charge in [-0.1, -0.05) is 27.7 Å². The first-order valence-corrected chi connectivity index (χ1v) is 7.19. The van der Waals surface area contributed by atoms with E-state index in [1.807, 2.05) is 11.7 Å². The lowest BCUT2D eigenvalue weighted by Gasteiger charge is -2.17. The van der Waals surface area contributed by atoms with Gasteiger partial charge in [-0.05, 0) is 44.3 Å². The van der Waals surface area contributed by atoms with Crippen LogP contribution in [0.3, 0.4) is 0 Å². The van der Waals surface area contributed by atoms with Crippen molar-refractivity contribution in [2.45, 2.75) is 58.8 Å². The molecule has 0 aliphatic heterocycles. The molecule has 0 saturated carbocycles. The van der Waals surface area contributed by atoms with Crippen LogP contribution in [0.2, 0.25) is 0 Å². The molecule has 1 N–H and O–H groups in total. The van der Waals surface area contributed by atoms with Crippen LogP contribution in [0.15, 0.2) is 6.20 Å². The summed E-state index contributed by atoms with van der Waals surface area (Å²) in [7, 11) is 2.02. The minimum absolute atomic E-state index is 0.150. The molecule has 104 valence electrons. The predicted molar refractivity (Wildman–Crippen MR) is 78.0 cm³/mol. The van der Waals surface area contributed by atoms with Crippen molar-refractivity contribution in [3.05, 3.63) is 17.5 Å². The highest BCUT2D eigenvalue weighted by atomic mass is 15.3. The Hall–Kier alpha value is -0.830. The third-order valence-corrected chi connectivity index (χ3v) is 3.09. The zero-order valence-electron chi connectivity index (χ0n) is 12.7. The van der Waals surface area contributed by atoms with E-state index in [0.717, 1.165) is 19.5 Å². The molecule has 1 aromatic rings. The molecule has 0 bridgehead atoms. The van der Waals surface area contributed by atoms with Crippen LogP contribution in [0.4, 0.5) is 0 Å². The van der Waals surface area contributed by atoms with E-state index in [4.69, 9.17) is 0 Å². The fraction of sp³-hybridized carbons (Fsp3) is 0.800. The normalized spacial score (nSPS) is 12.1. The Morgan fingerprint density at radius 1 is 1.22 bits per heavy atom. The van der Waals surface area contributed by atoms with E-state index in [1.165, 1.54) is 30.5 Å². The Morgan fingerprint density at radius 3 is 2.56 bits per heavy atom. The molecule has 0 aromatic carbocycles. The summed E-state index contributed by atoms with van der Waals surface area (Å²) < 4.78 is 1.95. The van der Waals surface area contributed by atoms with Crippen LogP contribution in [-0.4, -0.2) is 22.9 Å². The van der Waals surface area contributed by atoms with Gasteiger partial charge >= 0.3 is 0 Å². The summed E-state index contributed by atoms with van der Waals surface area (Å²) in [5.41, 5.74) is 2.82. The van der Waals surface area contributed by atoms with Crippen LogP contribution in [0.25, 0.3) is 0 Å². The predicted octanol–water partition coefficient (Wildman–Crippen LogP) is 3.04. The molecule has 0 aliphatic rings. The highest BCUT2D eigenvalue weighted by molar-refractivity contribution is 5.24. The molecule has 3 heteroatoms. The van der Waals surface area contributed by atoms with E-state index in [-0.39, 0.29) is 5.41 Å². The van der Waals surface area contributed by atoms with Gasteiger partial charge in [0.15, 0.2) is 0 Å². The standard InChI is InChI=1S/C15H29N3/c1-6-10-16-11-8-7-9-13-12-18(5)17-14(13)15(2,3)4/h12,16H,6-11H2,1-5H3. The average molecular weight is 251 g/mol. The second kappa shape index (κ2) is 6.93. The number of aryl methyl sites for hydroxylation is 2. The van der Waals surface area contributed by atoms with Crippen molar-refractivity contribution >= 4 is 0 Å². The van der Waals surface area contributed by atoms with Crippen LogP contribution >= 0.6 is 0 Å². The van der Waals surface area contributed by atoms with Crippen molar-refractivity contribution in [3.63, 3.8) is 0 Å². The summed E-state index contributed by atoms with van der Waals surface area (Å²) in [5.74, 6) is 0. The van der Waals surface area contributed by atoms with E-state index in [0.29, 0.717) is 0 Å². The lowest BCUT2D eigenvalue weighted by Crippen LogP contribution is -2.16. The first kappa shape index (κ1) is 15.2. The minimum atomic E-state index is 0.150. The molecule has 0 fully saturated rings. The first-order valence-electron chi connectivity index (χ1n) is 7.19. The number of unbranched alkanes of at least 4 members (excludes halogenated alkanes) is 1. The van der Waals surface area contributed by atoms with Gasteiger partial charge in [0.25, 0.3) is 0 Å². The van der Waals surface area contributed by atoms with Gasteiger partial charge in [-0.2, -0.15) is 5.10 Å². The van der Waals surface area contributed by atoms with Crippen molar-refractivity contribution in [1.29, 1.82) is 0 Å². The van der Waals surface area contributed by atoms with Crippen LogP contribution < -0.4 is 5.32 Å².